The minimum atomic E-state index is -0.260. The number of aromatic hydroxyl groups is 1. The van der Waals surface area contributed by atoms with Gasteiger partial charge in [-0.3, -0.25) is 0 Å². The van der Waals surface area contributed by atoms with Crippen molar-refractivity contribution in [2.45, 2.75) is 12.5 Å². The summed E-state index contributed by atoms with van der Waals surface area (Å²) in [5.41, 5.74) is 8.02. The first-order valence-corrected chi connectivity index (χ1v) is 6.88. The van der Waals surface area contributed by atoms with Crippen molar-refractivity contribution in [3.8, 4) is 17.2 Å². The molecule has 0 saturated heterocycles. The zero-order chi connectivity index (χ0) is 15.4. The second kappa shape index (κ2) is 6.70. The molecule has 2 aromatic carbocycles. The number of hydrogen-bond acceptors (Lipinski definition) is 4. The van der Waals surface area contributed by atoms with Crippen LogP contribution in [-0.2, 0) is 6.42 Å². The highest BCUT2D eigenvalue weighted by Gasteiger charge is 2.15. The largest absolute Gasteiger partial charge is 0.508 e. The van der Waals surface area contributed by atoms with Crippen molar-refractivity contribution < 1.29 is 14.6 Å². The molecule has 0 radical (unpaired) electrons. The summed E-state index contributed by atoms with van der Waals surface area (Å²) < 4.78 is 10.5. The van der Waals surface area contributed by atoms with E-state index < -0.39 is 0 Å². The highest BCUT2D eigenvalue weighted by atomic mass is 35.5. The molecular weight excluding hydrogens is 290 g/mol. The fourth-order valence-corrected chi connectivity index (χ4v) is 2.50. The molecule has 0 aliphatic carbocycles. The van der Waals surface area contributed by atoms with Crippen LogP contribution in [0, 0.1) is 0 Å². The molecule has 112 valence electrons. The van der Waals surface area contributed by atoms with E-state index in [0.717, 1.165) is 11.1 Å². The fourth-order valence-electron chi connectivity index (χ4n) is 2.21. The summed E-state index contributed by atoms with van der Waals surface area (Å²) in [6.07, 6.45) is 0.584. The summed E-state index contributed by atoms with van der Waals surface area (Å²) >= 11 is 6.19. The lowest BCUT2D eigenvalue weighted by atomic mass is 9.99. The SMILES string of the molecule is COc1cc(C(N)Cc2cccc(O)c2)cc(Cl)c1OC. The minimum Gasteiger partial charge on any atom is -0.508 e. The zero-order valence-corrected chi connectivity index (χ0v) is 12.7. The van der Waals surface area contributed by atoms with Crippen LogP contribution in [-0.4, -0.2) is 19.3 Å². The van der Waals surface area contributed by atoms with Gasteiger partial charge < -0.3 is 20.3 Å². The summed E-state index contributed by atoms with van der Waals surface area (Å²) in [6, 6.07) is 10.4. The molecule has 0 aromatic heterocycles. The smallest absolute Gasteiger partial charge is 0.179 e. The molecule has 1 atom stereocenters. The third kappa shape index (κ3) is 3.60. The Morgan fingerprint density at radius 2 is 1.95 bits per heavy atom. The second-order valence-electron chi connectivity index (χ2n) is 4.72. The van der Waals surface area contributed by atoms with E-state index in [-0.39, 0.29) is 11.8 Å². The Hall–Kier alpha value is -1.91. The van der Waals surface area contributed by atoms with Crippen LogP contribution in [0.3, 0.4) is 0 Å². The van der Waals surface area contributed by atoms with Crippen molar-refractivity contribution in [3.05, 3.63) is 52.5 Å². The third-order valence-corrected chi connectivity index (χ3v) is 3.53. The first-order valence-electron chi connectivity index (χ1n) is 6.50. The minimum absolute atomic E-state index is 0.227. The molecule has 1 unspecified atom stereocenters. The number of methoxy groups -OCH3 is 2. The lowest BCUT2D eigenvalue weighted by molar-refractivity contribution is 0.354. The maximum Gasteiger partial charge on any atom is 0.179 e. The van der Waals surface area contributed by atoms with Crippen molar-refractivity contribution >= 4 is 11.6 Å². The topological polar surface area (TPSA) is 64.7 Å². The molecule has 0 saturated carbocycles. The Bertz CT molecular complexity index is 631. The summed E-state index contributed by atoms with van der Waals surface area (Å²) in [5, 5.41) is 9.95. The monoisotopic (exact) mass is 307 g/mol. The standard InChI is InChI=1S/C16H18ClNO3/c1-20-15-9-11(8-13(17)16(15)21-2)14(18)7-10-4-3-5-12(19)6-10/h3-6,8-9,14,19H,7,18H2,1-2H3. The molecule has 4 nitrogen and oxygen atoms in total. The van der Waals surface area contributed by atoms with Crippen LogP contribution < -0.4 is 15.2 Å². The van der Waals surface area contributed by atoms with Crippen molar-refractivity contribution in [1.29, 1.82) is 0 Å². The van der Waals surface area contributed by atoms with Crippen LogP contribution in [0.15, 0.2) is 36.4 Å². The number of phenols is 1. The van der Waals surface area contributed by atoms with Crippen LogP contribution in [0.2, 0.25) is 5.02 Å². The van der Waals surface area contributed by atoms with Crippen molar-refractivity contribution in [1.82, 2.24) is 0 Å². The fraction of sp³-hybridized carbons (Fsp3) is 0.250. The molecule has 3 N–H and O–H groups in total. The van der Waals surface area contributed by atoms with Crippen molar-refractivity contribution in [2.75, 3.05) is 14.2 Å². The van der Waals surface area contributed by atoms with Gasteiger partial charge in [0.05, 0.1) is 19.2 Å². The van der Waals surface area contributed by atoms with Gasteiger partial charge in [0.1, 0.15) is 5.75 Å². The lowest BCUT2D eigenvalue weighted by Crippen LogP contribution is -2.13. The molecule has 0 amide bonds. The maximum absolute atomic E-state index is 9.49. The maximum atomic E-state index is 9.49. The summed E-state index contributed by atoms with van der Waals surface area (Å²) in [7, 11) is 3.09. The Morgan fingerprint density at radius 3 is 2.57 bits per heavy atom. The number of ether oxygens (including phenoxy) is 2. The Morgan fingerprint density at radius 1 is 1.19 bits per heavy atom. The van der Waals surface area contributed by atoms with Crippen molar-refractivity contribution in [2.24, 2.45) is 5.73 Å². The number of benzene rings is 2. The Kier molecular flexibility index (Phi) is 4.94. The zero-order valence-electron chi connectivity index (χ0n) is 12.0. The van der Waals surface area contributed by atoms with E-state index in [1.807, 2.05) is 12.1 Å². The Balaban J connectivity index is 2.27. The second-order valence-corrected chi connectivity index (χ2v) is 5.13. The molecule has 2 rings (SSSR count). The van der Waals surface area contributed by atoms with Gasteiger partial charge in [0.2, 0.25) is 0 Å². The van der Waals surface area contributed by atoms with Gasteiger partial charge in [-0.2, -0.15) is 0 Å². The molecule has 21 heavy (non-hydrogen) atoms. The van der Waals surface area contributed by atoms with Gasteiger partial charge in [0.15, 0.2) is 11.5 Å². The molecule has 0 spiro atoms. The number of phenolic OH excluding ortho intramolecular Hbond substituents is 1. The van der Waals surface area contributed by atoms with Crippen LogP contribution >= 0.6 is 11.6 Å². The van der Waals surface area contributed by atoms with E-state index in [2.05, 4.69) is 0 Å². The van der Waals surface area contributed by atoms with Crippen LogP contribution in [0.25, 0.3) is 0 Å². The summed E-state index contributed by atoms with van der Waals surface area (Å²) in [5.74, 6) is 1.27. The average molecular weight is 308 g/mol. The van der Waals surface area contributed by atoms with Crippen LogP contribution in [0.1, 0.15) is 17.2 Å². The van der Waals surface area contributed by atoms with Crippen LogP contribution in [0.5, 0.6) is 17.2 Å². The molecule has 0 aliphatic heterocycles. The van der Waals surface area contributed by atoms with E-state index in [9.17, 15) is 5.11 Å². The van der Waals surface area contributed by atoms with E-state index in [0.29, 0.717) is 22.9 Å². The van der Waals surface area contributed by atoms with Gasteiger partial charge in [0.25, 0.3) is 0 Å². The molecular formula is C16H18ClNO3. The lowest BCUT2D eigenvalue weighted by Gasteiger charge is -2.16. The first kappa shape index (κ1) is 15.5. The first-order chi connectivity index (χ1) is 10.0. The Labute approximate surface area is 129 Å². The number of halogens is 1. The molecule has 5 heteroatoms. The quantitative estimate of drug-likeness (QED) is 0.889. The number of hydrogen-bond donors (Lipinski definition) is 2. The number of nitrogens with two attached hydrogens (primary N) is 1. The predicted octanol–water partition coefficient (Wildman–Crippen LogP) is 3.31. The van der Waals surface area contributed by atoms with Gasteiger partial charge in [-0.15, -0.1) is 0 Å². The molecule has 0 bridgehead atoms. The molecule has 0 aliphatic rings. The molecule has 0 fully saturated rings. The predicted molar refractivity (Wildman–Crippen MR) is 83.3 cm³/mol. The molecule has 0 heterocycles. The van der Waals surface area contributed by atoms with E-state index in [4.69, 9.17) is 26.8 Å². The normalized spacial score (nSPS) is 12.0. The van der Waals surface area contributed by atoms with E-state index in [1.54, 1.807) is 31.4 Å². The van der Waals surface area contributed by atoms with Gasteiger partial charge in [-0.1, -0.05) is 23.7 Å². The summed E-state index contributed by atoms with van der Waals surface area (Å²) in [6.45, 7) is 0. The third-order valence-electron chi connectivity index (χ3n) is 3.25. The van der Waals surface area contributed by atoms with Gasteiger partial charge in [-0.25, -0.2) is 0 Å². The van der Waals surface area contributed by atoms with Crippen LogP contribution in [0.4, 0.5) is 0 Å². The van der Waals surface area contributed by atoms with Gasteiger partial charge >= 0.3 is 0 Å². The van der Waals surface area contributed by atoms with Gasteiger partial charge in [0, 0.05) is 6.04 Å². The van der Waals surface area contributed by atoms with Gasteiger partial charge in [-0.05, 0) is 41.8 Å². The number of rotatable bonds is 5. The van der Waals surface area contributed by atoms with E-state index in [1.165, 1.54) is 7.11 Å². The highest BCUT2D eigenvalue weighted by molar-refractivity contribution is 6.32. The summed E-state index contributed by atoms with van der Waals surface area (Å²) in [4.78, 5) is 0. The molecule has 2 aromatic rings. The van der Waals surface area contributed by atoms with Crippen molar-refractivity contribution in [3.63, 3.8) is 0 Å². The highest BCUT2D eigenvalue weighted by Crippen LogP contribution is 2.37. The van der Waals surface area contributed by atoms with E-state index >= 15 is 0 Å². The average Bonchev–Trinajstić information content (AvgIpc) is 2.46.